The van der Waals surface area contributed by atoms with Crippen molar-refractivity contribution in [3.8, 4) is 5.69 Å². The molecule has 0 radical (unpaired) electrons. The Balaban J connectivity index is 2.38. The third-order valence-electron chi connectivity index (χ3n) is 2.71. The fraction of sp³-hybridized carbons (Fsp3) is 0. The Bertz CT molecular complexity index is 830. The van der Waals surface area contributed by atoms with Crippen LogP contribution in [0.4, 0.5) is 0 Å². The van der Waals surface area contributed by atoms with Crippen LogP contribution in [0.1, 0.15) is 0 Å². The number of hydrogen-bond acceptors (Lipinski definition) is 3. The van der Waals surface area contributed by atoms with Gasteiger partial charge in [-0.05, 0) is 36.5 Å². The van der Waals surface area contributed by atoms with E-state index in [0.29, 0.717) is 4.77 Å². The summed E-state index contributed by atoms with van der Waals surface area (Å²) in [5.74, 6) is 0. The molecule has 0 fully saturated rings. The number of rotatable bonds is 1. The van der Waals surface area contributed by atoms with E-state index in [4.69, 9.17) is 12.2 Å². The molecule has 0 saturated carbocycles. The zero-order valence-electron chi connectivity index (χ0n) is 9.33. The maximum Gasteiger partial charge on any atom is 0.251 e. The minimum atomic E-state index is -0.199. The molecule has 0 unspecified atom stereocenters. The lowest BCUT2D eigenvalue weighted by atomic mass is 10.2. The van der Waals surface area contributed by atoms with E-state index in [0.717, 1.165) is 16.6 Å². The molecule has 0 amide bonds. The van der Waals surface area contributed by atoms with E-state index in [-0.39, 0.29) is 5.56 Å². The highest BCUT2D eigenvalue weighted by Gasteiger charge is 2.03. The minimum Gasteiger partial charge on any atom is -0.299 e. The molecule has 0 aliphatic heterocycles. The second-order valence-electron chi connectivity index (χ2n) is 3.83. The maximum atomic E-state index is 11.2. The number of nitrogens with zero attached hydrogens (tertiary/aromatic N) is 2. The van der Waals surface area contributed by atoms with Gasteiger partial charge in [0.1, 0.15) is 0 Å². The lowest BCUT2D eigenvalue weighted by Gasteiger charge is -2.09. The summed E-state index contributed by atoms with van der Waals surface area (Å²) in [6.07, 6.45) is 3.42. The van der Waals surface area contributed by atoms with Crippen LogP contribution < -0.4 is 5.56 Å². The summed E-state index contributed by atoms with van der Waals surface area (Å²) in [7, 11) is 0. The van der Waals surface area contributed by atoms with E-state index in [2.05, 4.69) is 9.97 Å². The van der Waals surface area contributed by atoms with Gasteiger partial charge in [0, 0.05) is 23.8 Å². The second-order valence-corrected chi connectivity index (χ2v) is 4.21. The molecule has 1 N–H and O–H groups in total. The number of nitrogens with one attached hydrogen (secondary N) is 1. The number of fused-ring (bicyclic) bond motifs is 1. The zero-order valence-corrected chi connectivity index (χ0v) is 10.1. The monoisotopic (exact) mass is 255 g/mol. The van der Waals surface area contributed by atoms with E-state index in [9.17, 15) is 4.79 Å². The van der Waals surface area contributed by atoms with E-state index in [1.807, 2.05) is 30.3 Å². The molecule has 3 aromatic rings. The summed E-state index contributed by atoms with van der Waals surface area (Å²) in [6, 6.07) is 11.1. The summed E-state index contributed by atoms with van der Waals surface area (Å²) >= 11 is 5.17. The Morgan fingerprint density at radius 3 is 2.89 bits per heavy atom. The fourth-order valence-electron chi connectivity index (χ4n) is 1.90. The van der Waals surface area contributed by atoms with Gasteiger partial charge in [0.25, 0.3) is 5.56 Å². The lowest BCUT2D eigenvalue weighted by Crippen LogP contribution is -2.10. The minimum absolute atomic E-state index is 0.199. The molecule has 1 aromatic carbocycles. The van der Waals surface area contributed by atoms with Crippen LogP contribution in [-0.2, 0) is 0 Å². The summed E-state index contributed by atoms with van der Waals surface area (Å²) in [5.41, 5.74) is 1.60. The number of hydrogen-bond donors (Lipinski definition) is 1. The first-order valence-corrected chi connectivity index (χ1v) is 5.83. The van der Waals surface area contributed by atoms with Gasteiger partial charge in [0.2, 0.25) is 0 Å². The first-order chi connectivity index (χ1) is 8.75. The largest absolute Gasteiger partial charge is 0.299 e. The molecule has 0 atom stereocenters. The number of pyridine rings is 1. The molecule has 0 aliphatic rings. The molecule has 88 valence electrons. The van der Waals surface area contributed by atoms with Crippen molar-refractivity contribution in [1.82, 2.24) is 14.5 Å². The third-order valence-corrected chi connectivity index (χ3v) is 3.00. The average Bonchev–Trinajstić information content (AvgIpc) is 2.38. The maximum absolute atomic E-state index is 11.2. The van der Waals surface area contributed by atoms with Gasteiger partial charge in [-0.2, -0.15) is 0 Å². The Morgan fingerprint density at radius 2 is 2.06 bits per heavy atom. The molecule has 0 spiro atoms. The van der Waals surface area contributed by atoms with Gasteiger partial charge in [-0.1, -0.05) is 6.07 Å². The smallest absolute Gasteiger partial charge is 0.251 e. The van der Waals surface area contributed by atoms with Gasteiger partial charge < -0.3 is 0 Å². The lowest BCUT2D eigenvalue weighted by molar-refractivity contribution is 0.944. The predicted octanol–water partition coefficient (Wildman–Crippen LogP) is 2.44. The highest BCUT2D eigenvalue weighted by atomic mass is 32.1. The molecular formula is C13H9N3OS. The molecule has 4 nitrogen and oxygen atoms in total. The normalized spacial score (nSPS) is 10.7. The topological polar surface area (TPSA) is 50.7 Å². The Kier molecular flexibility index (Phi) is 2.53. The van der Waals surface area contributed by atoms with Crippen LogP contribution in [0.5, 0.6) is 0 Å². The van der Waals surface area contributed by atoms with Crippen LogP contribution >= 0.6 is 12.2 Å². The van der Waals surface area contributed by atoms with Gasteiger partial charge in [0.05, 0.1) is 11.2 Å². The standard InChI is InChI=1S/C13H9N3OS/c17-12-6-8-16(13(18)15-12)11-5-1-4-10-9(11)3-2-7-14-10/h1-8H,(H,15,17,18). The molecule has 0 aliphatic carbocycles. The van der Waals surface area contributed by atoms with Crippen LogP contribution in [-0.4, -0.2) is 14.5 Å². The van der Waals surface area contributed by atoms with E-state index in [1.54, 1.807) is 17.0 Å². The number of aromatic nitrogens is 3. The average molecular weight is 255 g/mol. The van der Waals surface area contributed by atoms with Gasteiger partial charge >= 0.3 is 0 Å². The van der Waals surface area contributed by atoms with Crippen molar-refractivity contribution in [3.63, 3.8) is 0 Å². The van der Waals surface area contributed by atoms with E-state index < -0.39 is 0 Å². The number of benzene rings is 1. The Labute approximate surface area is 108 Å². The molecule has 0 bridgehead atoms. The van der Waals surface area contributed by atoms with Crippen LogP contribution in [0, 0.1) is 4.77 Å². The second kappa shape index (κ2) is 4.19. The molecule has 0 saturated heterocycles. The fourth-order valence-corrected chi connectivity index (χ4v) is 2.16. The molecule has 2 heterocycles. The molecule has 2 aromatic heterocycles. The predicted molar refractivity (Wildman–Crippen MR) is 72.5 cm³/mol. The van der Waals surface area contributed by atoms with Crippen molar-refractivity contribution in [2.45, 2.75) is 0 Å². The number of H-pyrrole nitrogens is 1. The summed E-state index contributed by atoms with van der Waals surface area (Å²) < 4.78 is 2.14. The molecular weight excluding hydrogens is 246 g/mol. The summed E-state index contributed by atoms with van der Waals surface area (Å²) in [4.78, 5) is 18.1. The van der Waals surface area contributed by atoms with Crippen molar-refractivity contribution in [2.75, 3.05) is 0 Å². The summed E-state index contributed by atoms with van der Waals surface area (Å²) in [6.45, 7) is 0. The van der Waals surface area contributed by atoms with Crippen molar-refractivity contribution < 1.29 is 0 Å². The molecule has 5 heteroatoms. The highest BCUT2D eigenvalue weighted by molar-refractivity contribution is 7.71. The first-order valence-electron chi connectivity index (χ1n) is 5.42. The van der Waals surface area contributed by atoms with Crippen molar-refractivity contribution in [2.24, 2.45) is 0 Å². The Hall–Kier alpha value is -2.27. The molecule has 3 rings (SSSR count). The van der Waals surface area contributed by atoms with Crippen LogP contribution in [0.25, 0.3) is 16.6 Å². The SMILES string of the molecule is O=c1ccn(-c2cccc3ncccc23)c(=S)[nH]1. The Morgan fingerprint density at radius 1 is 1.17 bits per heavy atom. The highest BCUT2D eigenvalue weighted by Crippen LogP contribution is 2.19. The quantitative estimate of drug-likeness (QED) is 0.679. The van der Waals surface area contributed by atoms with Gasteiger partial charge in [-0.15, -0.1) is 0 Å². The van der Waals surface area contributed by atoms with E-state index >= 15 is 0 Å². The van der Waals surface area contributed by atoms with Crippen LogP contribution in [0.2, 0.25) is 0 Å². The number of aromatic amines is 1. The summed E-state index contributed by atoms with van der Waals surface area (Å²) in [5, 5.41) is 0.989. The van der Waals surface area contributed by atoms with Crippen molar-refractivity contribution in [3.05, 3.63) is 63.9 Å². The van der Waals surface area contributed by atoms with Gasteiger partial charge in [-0.3, -0.25) is 19.3 Å². The van der Waals surface area contributed by atoms with Crippen molar-refractivity contribution in [1.29, 1.82) is 0 Å². The van der Waals surface area contributed by atoms with Gasteiger partial charge in [0.15, 0.2) is 4.77 Å². The van der Waals surface area contributed by atoms with Crippen LogP contribution in [0.15, 0.2) is 53.6 Å². The first kappa shape index (κ1) is 10.9. The zero-order chi connectivity index (χ0) is 12.5. The van der Waals surface area contributed by atoms with Crippen molar-refractivity contribution >= 4 is 23.1 Å². The van der Waals surface area contributed by atoms with Crippen LogP contribution in [0.3, 0.4) is 0 Å². The van der Waals surface area contributed by atoms with Gasteiger partial charge in [-0.25, -0.2) is 0 Å². The third kappa shape index (κ3) is 1.74. The molecule has 18 heavy (non-hydrogen) atoms. The van der Waals surface area contributed by atoms with E-state index in [1.165, 1.54) is 6.07 Å².